The number of nitrogens with zero attached hydrogens (tertiary/aromatic N) is 3. The third kappa shape index (κ3) is 5.86. The molecule has 3 aromatic rings. The summed E-state index contributed by atoms with van der Waals surface area (Å²) in [6.07, 6.45) is 0. The van der Waals surface area contributed by atoms with Gasteiger partial charge in [0.25, 0.3) is 0 Å². The van der Waals surface area contributed by atoms with Gasteiger partial charge in [0.05, 0.1) is 21.5 Å². The van der Waals surface area contributed by atoms with E-state index < -0.39 is 0 Å². The van der Waals surface area contributed by atoms with E-state index in [0.29, 0.717) is 28.2 Å². The number of carbonyl (C=O) groups excluding carboxylic acids is 1. The Balaban J connectivity index is 1.63. The maximum absolute atomic E-state index is 12.4. The van der Waals surface area contributed by atoms with E-state index in [9.17, 15) is 4.79 Å². The van der Waals surface area contributed by atoms with E-state index in [1.807, 2.05) is 43.5 Å². The third-order valence-electron chi connectivity index (χ3n) is 4.63. The summed E-state index contributed by atoms with van der Waals surface area (Å²) in [7, 11) is 0. The lowest BCUT2D eigenvalue weighted by molar-refractivity contribution is -0.113. The zero-order valence-corrected chi connectivity index (χ0v) is 20.3. The first-order valence-electron chi connectivity index (χ1n) is 9.48. The number of amides is 1. The van der Waals surface area contributed by atoms with Crippen LogP contribution >= 0.6 is 46.6 Å². The summed E-state index contributed by atoms with van der Waals surface area (Å²) in [5.41, 5.74) is 2.59. The summed E-state index contributed by atoms with van der Waals surface area (Å²) in [5, 5.41) is 12.7. The van der Waals surface area contributed by atoms with Crippen LogP contribution < -0.4 is 10.1 Å². The minimum atomic E-state index is -0.269. The molecule has 0 aliphatic heterocycles. The summed E-state index contributed by atoms with van der Waals surface area (Å²) in [4.78, 5) is 12.4. The van der Waals surface area contributed by atoms with Crippen molar-refractivity contribution in [2.24, 2.45) is 0 Å². The van der Waals surface area contributed by atoms with Crippen LogP contribution in [-0.4, -0.2) is 26.4 Å². The molecule has 1 amide bonds. The molecule has 0 atom stereocenters. The molecule has 0 spiro atoms. The second-order valence-electron chi connectivity index (χ2n) is 6.71. The molecule has 164 valence electrons. The summed E-state index contributed by atoms with van der Waals surface area (Å²) in [5.74, 6) is 1.35. The minimum absolute atomic E-state index is 0.116. The first kappa shape index (κ1) is 23.7. The van der Waals surface area contributed by atoms with E-state index >= 15 is 0 Å². The molecule has 0 bridgehead atoms. The van der Waals surface area contributed by atoms with Gasteiger partial charge in [0.2, 0.25) is 5.91 Å². The fourth-order valence-electron chi connectivity index (χ4n) is 2.84. The zero-order chi connectivity index (χ0) is 22.5. The third-order valence-corrected chi connectivity index (χ3v) is 6.41. The Hall–Kier alpha value is -1.93. The average molecular weight is 500 g/mol. The van der Waals surface area contributed by atoms with E-state index in [4.69, 9.17) is 39.5 Å². The molecule has 31 heavy (non-hydrogen) atoms. The molecule has 1 aromatic heterocycles. The normalized spacial score (nSPS) is 10.9. The number of hydrogen-bond donors (Lipinski definition) is 1. The fraction of sp³-hybridized carbons (Fsp3) is 0.286. The average Bonchev–Trinajstić information content (AvgIpc) is 3.12. The zero-order valence-electron chi connectivity index (χ0n) is 17.2. The second-order valence-corrected chi connectivity index (χ2v) is 8.90. The van der Waals surface area contributed by atoms with Crippen molar-refractivity contribution in [1.82, 2.24) is 14.8 Å². The van der Waals surface area contributed by atoms with Gasteiger partial charge in [-0.3, -0.25) is 4.79 Å². The van der Waals surface area contributed by atoms with Crippen molar-refractivity contribution in [2.75, 3.05) is 11.1 Å². The van der Waals surface area contributed by atoms with E-state index in [1.165, 1.54) is 23.9 Å². The molecule has 0 aliphatic rings. The van der Waals surface area contributed by atoms with Crippen LogP contribution in [0.15, 0.2) is 35.5 Å². The molecule has 0 radical (unpaired) electrons. The Morgan fingerprint density at radius 1 is 1.16 bits per heavy atom. The largest absolute Gasteiger partial charge is 0.485 e. The number of hydrogen-bond acceptors (Lipinski definition) is 5. The number of carbonyl (C=O) groups is 1. The molecule has 1 heterocycles. The maximum Gasteiger partial charge on any atom is 0.234 e. The highest BCUT2D eigenvalue weighted by atomic mass is 35.5. The van der Waals surface area contributed by atoms with Crippen molar-refractivity contribution in [2.45, 2.75) is 39.1 Å². The Kier molecular flexibility index (Phi) is 8.11. The molecule has 6 nitrogen and oxygen atoms in total. The van der Waals surface area contributed by atoms with Gasteiger partial charge < -0.3 is 14.6 Å². The second kappa shape index (κ2) is 10.6. The van der Waals surface area contributed by atoms with Crippen LogP contribution in [0.5, 0.6) is 5.75 Å². The van der Waals surface area contributed by atoms with Crippen LogP contribution in [0.25, 0.3) is 0 Å². The highest BCUT2D eigenvalue weighted by molar-refractivity contribution is 7.99. The number of nitrogens with one attached hydrogen (secondary N) is 1. The molecular formula is C21H21Cl3N4O2S. The number of anilines is 1. The van der Waals surface area contributed by atoms with E-state index in [2.05, 4.69) is 15.5 Å². The SMILES string of the molecule is CCn1c(COc2cccc(C)c2C)nnc1SCC(=O)Nc1c(Cl)cc(Cl)cc1Cl. The van der Waals surface area contributed by atoms with Gasteiger partial charge in [-0.2, -0.15) is 0 Å². The summed E-state index contributed by atoms with van der Waals surface area (Å²) in [6, 6.07) is 8.98. The smallest absolute Gasteiger partial charge is 0.234 e. The predicted octanol–water partition coefficient (Wildman–Crippen LogP) is 6.18. The Labute approximate surface area is 200 Å². The van der Waals surface area contributed by atoms with E-state index in [-0.39, 0.29) is 28.3 Å². The van der Waals surface area contributed by atoms with Crippen LogP contribution in [0.4, 0.5) is 5.69 Å². The molecule has 2 aromatic carbocycles. The maximum atomic E-state index is 12.4. The van der Waals surface area contributed by atoms with Gasteiger partial charge in [-0.1, -0.05) is 58.7 Å². The lowest BCUT2D eigenvalue weighted by Crippen LogP contribution is -2.15. The fourth-order valence-corrected chi connectivity index (χ4v) is 4.57. The molecule has 0 fully saturated rings. The van der Waals surface area contributed by atoms with Crippen LogP contribution in [0, 0.1) is 13.8 Å². The van der Waals surface area contributed by atoms with E-state index in [0.717, 1.165) is 16.9 Å². The molecular weight excluding hydrogens is 479 g/mol. The first-order valence-corrected chi connectivity index (χ1v) is 11.6. The quantitative estimate of drug-likeness (QED) is 0.375. The molecule has 0 saturated carbocycles. The predicted molar refractivity (Wildman–Crippen MR) is 127 cm³/mol. The van der Waals surface area contributed by atoms with Crippen molar-refractivity contribution in [3.8, 4) is 5.75 Å². The Morgan fingerprint density at radius 2 is 1.87 bits per heavy atom. The standard InChI is InChI=1S/C21H21Cl3N4O2S/c1-4-28-18(10-30-17-7-5-6-12(2)13(17)3)26-27-21(28)31-11-19(29)25-20-15(23)8-14(22)9-16(20)24/h5-9H,4,10-11H2,1-3H3,(H,25,29). The first-order chi connectivity index (χ1) is 14.8. The lowest BCUT2D eigenvalue weighted by Gasteiger charge is -2.12. The Morgan fingerprint density at radius 3 is 2.55 bits per heavy atom. The number of aromatic nitrogens is 3. The Bertz CT molecular complexity index is 1080. The molecule has 3 rings (SSSR count). The molecule has 0 unspecified atom stereocenters. The van der Waals surface area contributed by atoms with Gasteiger partial charge in [0.15, 0.2) is 11.0 Å². The van der Waals surface area contributed by atoms with Gasteiger partial charge in [-0.05, 0) is 50.1 Å². The van der Waals surface area contributed by atoms with Crippen LogP contribution in [0.1, 0.15) is 23.9 Å². The van der Waals surface area contributed by atoms with E-state index in [1.54, 1.807) is 0 Å². The van der Waals surface area contributed by atoms with Crippen molar-refractivity contribution in [3.63, 3.8) is 0 Å². The van der Waals surface area contributed by atoms with Gasteiger partial charge >= 0.3 is 0 Å². The number of thioether (sulfide) groups is 1. The van der Waals surface area contributed by atoms with Gasteiger partial charge in [0.1, 0.15) is 12.4 Å². The van der Waals surface area contributed by atoms with Crippen molar-refractivity contribution in [1.29, 1.82) is 0 Å². The number of benzene rings is 2. The summed E-state index contributed by atoms with van der Waals surface area (Å²) >= 11 is 19.4. The molecule has 10 heteroatoms. The van der Waals surface area contributed by atoms with Gasteiger partial charge in [-0.25, -0.2) is 0 Å². The molecule has 1 N–H and O–H groups in total. The van der Waals surface area contributed by atoms with Crippen LogP contribution in [0.2, 0.25) is 15.1 Å². The summed E-state index contributed by atoms with van der Waals surface area (Å²) < 4.78 is 7.87. The number of ether oxygens (including phenoxy) is 1. The topological polar surface area (TPSA) is 69.0 Å². The van der Waals surface area contributed by atoms with Crippen molar-refractivity contribution >= 4 is 58.2 Å². The molecule has 0 aliphatic carbocycles. The van der Waals surface area contributed by atoms with Gasteiger partial charge in [-0.15, -0.1) is 10.2 Å². The lowest BCUT2D eigenvalue weighted by atomic mass is 10.1. The van der Waals surface area contributed by atoms with Crippen molar-refractivity contribution in [3.05, 3.63) is 62.4 Å². The summed E-state index contributed by atoms with van der Waals surface area (Å²) in [6.45, 7) is 6.99. The number of rotatable bonds is 8. The minimum Gasteiger partial charge on any atom is -0.485 e. The monoisotopic (exact) mass is 498 g/mol. The van der Waals surface area contributed by atoms with Crippen LogP contribution in [0.3, 0.4) is 0 Å². The van der Waals surface area contributed by atoms with Crippen LogP contribution in [-0.2, 0) is 17.9 Å². The highest BCUT2D eigenvalue weighted by Gasteiger charge is 2.16. The number of halogens is 3. The van der Waals surface area contributed by atoms with Gasteiger partial charge in [0, 0.05) is 11.6 Å². The van der Waals surface area contributed by atoms with Crippen molar-refractivity contribution < 1.29 is 9.53 Å². The highest BCUT2D eigenvalue weighted by Crippen LogP contribution is 2.34. The number of aryl methyl sites for hydroxylation is 1. The molecule has 0 saturated heterocycles.